The molecule has 1 heterocycles. The first-order chi connectivity index (χ1) is 8.54. The van der Waals surface area contributed by atoms with Crippen LogP contribution >= 0.6 is 0 Å². The highest BCUT2D eigenvalue weighted by atomic mass is 16.2. The van der Waals surface area contributed by atoms with Gasteiger partial charge in [-0.3, -0.25) is 4.79 Å². The second-order valence-electron chi connectivity index (χ2n) is 6.08. The van der Waals surface area contributed by atoms with E-state index in [9.17, 15) is 4.79 Å². The molecule has 1 amide bonds. The van der Waals surface area contributed by atoms with Crippen molar-refractivity contribution in [3.8, 4) is 0 Å². The Balaban J connectivity index is 2.51. The largest absolute Gasteiger partial charge is 0.353 e. The van der Waals surface area contributed by atoms with Gasteiger partial charge in [-0.1, -0.05) is 33.6 Å². The monoisotopic (exact) mass is 254 g/mol. The molecule has 0 aliphatic carbocycles. The lowest BCUT2D eigenvalue weighted by atomic mass is 9.81. The summed E-state index contributed by atoms with van der Waals surface area (Å²) in [6, 6.07) is 0.293. The zero-order chi connectivity index (χ0) is 13.6. The van der Waals surface area contributed by atoms with E-state index in [1.54, 1.807) is 0 Å². The third-order valence-electron chi connectivity index (χ3n) is 4.28. The predicted octanol–water partition coefficient (Wildman–Crippen LogP) is 2.71. The second-order valence-corrected chi connectivity index (χ2v) is 6.08. The molecule has 0 bridgehead atoms. The number of nitrogens with one attached hydrogen (secondary N) is 2. The van der Waals surface area contributed by atoms with Crippen LogP contribution in [0, 0.1) is 11.3 Å². The minimum Gasteiger partial charge on any atom is -0.353 e. The lowest BCUT2D eigenvalue weighted by Gasteiger charge is -2.29. The van der Waals surface area contributed by atoms with E-state index in [-0.39, 0.29) is 11.3 Å². The third kappa shape index (κ3) is 3.98. The Morgan fingerprint density at radius 1 is 1.39 bits per heavy atom. The molecule has 0 aromatic heterocycles. The molecule has 3 atom stereocenters. The zero-order valence-electron chi connectivity index (χ0n) is 12.5. The SMILES string of the molecule is CCCC1(C(=O)NC(C)CC(C)CC)CCNC1. The van der Waals surface area contributed by atoms with Crippen LogP contribution in [-0.4, -0.2) is 25.0 Å². The fourth-order valence-corrected chi connectivity index (χ4v) is 2.95. The van der Waals surface area contributed by atoms with Crippen LogP contribution in [0.15, 0.2) is 0 Å². The minimum atomic E-state index is -0.140. The Bertz CT molecular complexity index is 259. The molecule has 1 aliphatic rings. The molecular formula is C15H30N2O. The summed E-state index contributed by atoms with van der Waals surface area (Å²) < 4.78 is 0. The van der Waals surface area contributed by atoms with Crippen molar-refractivity contribution in [1.29, 1.82) is 0 Å². The molecule has 0 saturated carbocycles. The van der Waals surface area contributed by atoms with Gasteiger partial charge in [0.05, 0.1) is 5.41 Å². The molecule has 1 rings (SSSR count). The van der Waals surface area contributed by atoms with Crippen LogP contribution in [0.25, 0.3) is 0 Å². The Morgan fingerprint density at radius 2 is 2.11 bits per heavy atom. The van der Waals surface area contributed by atoms with Crippen molar-refractivity contribution in [2.24, 2.45) is 11.3 Å². The smallest absolute Gasteiger partial charge is 0.227 e. The van der Waals surface area contributed by atoms with Gasteiger partial charge in [-0.2, -0.15) is 0 Å². The molecule has 0 radical (unpaired) electrons. The average molecular weight is 254 g/mol. The fraction of sp³-hybridized carbons (Fsp3) is 0.933. The first-order valence-corrected chi connectivity index (χ1v) is 7.55. The summed E-state index contributed by atoms with van der Waals surface area (Å²) >= 11 is 0. The van der Waals surface area contributed by atoms with E-state index in [1.807, 2.05) is 0 Å². The Hall–Kier alpha value is -0.570. The summed E-state index contributed by atoms with van der Waals surface area (Å²) in [6.07, 6.45) is 5.33. The summed E-state index contributed by atoms with van der Waals surface area (Å²) in [5.41, 5.74) is -0.140. The number of rotatable bonds is 7. The molecule has 106 valence electrons. The van der Waals surface area contributed by atoms with E-state index in [4.69, 9.17) is 0 Å². The molecule has 3 nitrogen and oxygen atoms in total. The normalized spacial score (nSPS) is 26.9. The highest BCUT2D eigenvalue weighted by Gasteiger charge is 2.40. The summed E-state index contributed by atoms with van der Waals surface area (Å²) in [5, 5.41) is 6.58. The van der Waals surface area contributed by atoms with Crippen LogP contribution in [0.5, 0.6) is 0 Å². The number of carbonyl (C=O) groups is 1. The third-order valence-corrected chi connectivity index (χ3v) is 4.28. The van der Waals surface area contributed by atoms with Gasteiger partial charge in [0.2, 0.25) is 5.91 Å². The first-order valence-electron chi connectivity index (χ1n) is 7.55. The van der Waals surface area contributed by atoms with E-state index in [1.165, 1.54) is 6.42 Å². The van der Waals surface area contributed by atoms with Crippen molar-refractivity contribution in [2.75, 3.05) is 13.1 Å². The van der Waals surface area contributed by atoms with Gasteiger partial charge >= 0.3 is 0 Å². The minimum absolute atomic E-state index is 0.140. The second kappa shape index (κ2) is 7.13. The maximum atomic E-state index is 12.5. The molecule has 1 fully saturated rings. The Labute approximate surface area is 112 Å². The Morgan fingerprint density at radius 3 is 2.61 bits per heavy atom. The number of amides is 1. The predicted molar refractivity (Wildman–Crippen MR) is 76.5 cm³/mol. The van der Waals surface area contributed by atoms with E-state index < -0.39 is 0 Å². The highest BCUT2D eigenvalue weighted by molar-refractivity contribution is 5.83. The summed E-state index contributed by atoms with van der Waals surface area (Å²) in [4.78, 5) is 12.5. The van der Waals surface area contributed by atoms with Gasteiger partial charge in [0, 0.05) is 12.6 Å². The van der Waals surface area contributed by atoms with Crippen LogP contribution < -0.4 is 10.6 Å². The van der Waals surface area contributed by atoms with Gasteiger partial charge < -0.3 is 10.6 Å². The van der Waals surface area contributed by atoms with Crippen molar-refractivity contribution in [3.05, 3.63) is 0 Å². The summed E-state index contributed by atoms with van der Waals surface area (Å²) in [7, 11) is 0. The molecule has 3 unspecified atom stereocenters. The molecule has 3 heteroatoms. The van der Waals surface area contributed by atoms with Crippen LogP contribution in [0.3, 0.4) is 0 Å². The lowest BCUT2D eigenvalue weighted by Crippen LogP contribution is -2.46. The molecule has 18 heavy (non-hydrogen) atoms. The van der Waals surface area contributed by atoms with Crippen LogP contribution in [0.4, 0.5) is 0 Å². The number of hydrogen-bond acceptors (Lipinski definition) is 2. The molecule has 0 aromatic rings. The van der Waals surface area contributed by atoms with Gasteiger partial charge in [0.25, 0.3) is 0 Å². The van der Waals surface area contributed by atoms with Gasteiger partial charge in [-0.25, -0.2) is 0 Å². The van der Waals surface area contributed by atoms with E-state index >= 15 is 0 Å². The van der Waals surface area contributed by atoms with Gasteiger partial charge in [0.15, 0.2) is 0 Å². The van der Waals surface area contributed by atoms with Crippen LogP contribution in [0.1, 0.15) is 59.8 Å². The maximum Gasteiger partial charge on any atom is 0.227 e. The topological polar surface area (TPSA) is 41.1 Å². The van der Waals surface area contributed by atoms with Crippen molar-refractivity contribution in [2.45, 2.75) is 65.8 Å². The highest BCUT2D eigenvalue weighted by Crippen LogP contribution is 2.31. The molecule has 1 aliphatic heterocycles. The summed E-state index contributed by atoms with van der Waals surface area (Å²) in [5.74, 6) is 0.953. The lowest BCUT2D eigenvalue weighted by molar-refractivity contribution is -0.131. The standard InChI is InChI=1S/C15H30N2O/c1-5-7-15(8-9-16-11-15)14(18)17-13(4)10-12(3)6-2/h12-13,16H,5-11H2,1-4H3,(H,17,18). The maximum absolute atomic E-state index is 12.5. The number of carbonyl (C=O) groups excluding carboxylic acids is 1. The zero-order valence-corrected chi connectivity index (χ0v) is 12.5. The molecule has 1 saturated heterocycles. The molecule has 0 aromatic carbocycles. The van der Waals surface area contributed by atoms with Crippen molar-refractivity contribution >= 4 is 5.91 Å². The van der Waals surface area contributed by atoms with E-state index in [0.717, 1.165) is 38.8 Å². The quantitative estimate of drug-likeness (QED) is 0.733. The Kier molecular flexibility index (Phi) is 6.13. The van der Waals surface area contributed by atoms with Crippen molar-refractivity contribution in [1.82, 2.24) is 10.6 Å². The van der Waals surface area contributed by atoms with E-state index in [2.05, 4.69) is 38.3 Å². The fourth-order valence-electron chi connectivity index (χ4n) is 2.95. The van der Waals surface area contributed by atoms with Gasteiger partial charge in [-0.05, 0) is 38.6 Å². The first kappa shape index (κ1) is 15.5. The average Bonchev–Trinajstić information content (AvgIpc) is 2.79. The van der Waals surface area contributed by atoms with Crippen molar-refractivity contribution in [3.63, 3.8) is 0 Å². The van der Waals surface area contributed by atoms with Crippen LogP contribution in [0.2, 0.25) is 0 Å². The summed E-state index contributed by atoms with van der Waals surface area (Å²) in [6.45, 7) is 10.6. The van der Waals surface area contributed by atoms with Gasteiger partial charge in [-0.15, -0.1) is 0 Å². The van der Waals surface area contributed by atoms with E-state index in [0.29, 0.717) is 12.0 Å². The molecular weight excluding hydrogens is 224 g/mol. The van der Waals surface area contributed by atoms with Crippen LogP contribution in [-0.2, 0) is 4.79 Å². The van der Waals surface area contributed by atoms with Gasteiger partial charge in [0.1, 0.15) is 0 Å². The molecule has 2 N–H and O–H groups in total. The molecule has 0 spiro atoms. The number of hydrogen-bond donors (Lipinski definition) is 2. The van der Waals surface area contributed by atoms with Crippen molar-refractivity contribution < 1.29 is 4.79 Å².